The van der Waals surface area contributed by atoms with Gasteiger partial charge in [0.2, 0.25) is 0 Å². The van der Waals surface area contributed by atoms with Gasteiger partial charge in [-0.1, -0.05) is 29.8 Å². The Labute approximate surface area is 141 Å². The molecule has 0 spiro atoms. The molecule has 3 nitrogen and oxygen atoms in total. The summed E-state index contributed by atoms with van der Waals surface area (Å²) in [5.41, 5.74) is 3.78. The molecule has 0 N–H and O–H groups in total. The zero-order valence-electron chi connectivity index (χ0n) is 12.2. The van der Waals surface area contributed by atoms with Crippen LogP contribution in [0, 0.1) is 0 Å². The van der Waals surface area contributed by atoms with E-state index < -0.39 is 10.8 Å². The molecule has 2 heterocycles. The number of halogens is 1. The van der Waals surface area contributed by atoms with E-state index in [-0.39, 0.29) is 0 Å². The largest absolute Gasteiger partial charge is 0.254 e. The minimum absolute atomic E-state index is 0.605. The van der Waals surface area contributed by atoms with Crippen molar-refractivity contribution in [2.45, 2.75) is 11.3 Å². The maximum absolute atomic E-state index is 12.4. The van der Waals surface area contributed by atoms with Crippen LogP contribution in [0.5, 0.6) is 0 Å². The second kappa shape index (κ2) is 5.87. The fourth-order valence-corrected chi connectivity index (χ4v) is 4.13. The first-order valence-corrected chi connectivity index (χ1v) is 9.02. The maximum atomic E-state index is 12.4. The summed E-state index contributed by atoms with van der Waals surface area (Å²) in [4.78, 5) is 10.1. The Bertz CT molecular complexity index is 909. The molecule has 0 amide bonds. The molecule has 5 heteroatoms. The SMILES string of the molecule is O=S1CCc2cnc(-c3ccc(Cl)cc3)nc2-c2ccccc21. The van der Waals surface area contributed by atoms with E-state index in [0.29, 0.717) is 16.6 Å². The smallest absolute Gasteiger partial charge is 0.159 e. The van der Waals surface area contributed by atoms with Crippen LogP contribution in [0.2, 0.25) is 5.02 Å². The molecule has 4 rings (SSSR count). The molecule has 0 saturated heterocycles. The predicted molar refractivity (Wildman–Crippen MR) is 92.9 cm³/mol. The summed E-state index contributed by atoms with van der Waals surface area (Å²) in [6.45, 7) is 0. The van der Waals surface area contributed by atoms with Crippen LogP contribution in [0.3, 0.4) is 0 Å². The van der Waals surface area contributed by atoms with Crippen LogP contribution in [-0.2, 0) is 17.2 Å². The highest BCUT2D eigenvalue weighted by atomic mass is 35.5. The summed E-state index contributed by atoms with van der Waals surface area (Å²) in [5.74, 6) is 1.26. The first kappa shape index (κ1) is 14.5. The van der Waals surface area contributed by atoms with Gasteiger partial charge in [0.1, 0.15) is 0 Å². The number of nitrogens with zero attached hydrogens (tertiary/aromatic N) is 2. The van der Waals surface area contributed by atoms with Crippen molar-refractivity contribution in [2.75, 3.05) is 5.75 Å². The third-order valence-corrected chi connectivity index (χ3v) is 5.58. The van der Waals surface area contributed by atoms with Gasteiger partial charge in [0.05, 0.1) is 16.5 Å². The van der Waals surface area contributed by atoms with Gasteiger partial charge in [0.15, 0.2) is 5.82 Å². The Morgan fingerprint density at radius 2 is 1.83 bits per heavy atom. The van der Waals surface area contributed by atoms with Gasteiger partial charge in [0.25, 0.3) is 0 Å². The monoisotopic (exact) mass is 340 g/mol. The van der Waals surface area contributed by atoms with Crippen molar-refractivity contribution in [1.29, 1.82) is 0 Å². The Kier molecular flexibility index (Phi) is 3.71. The zero-order chi connectivity index (χ0) is 15.8. The van der Waals surface area contributed by atoms with E-state index in [1.165, 1.54) is 0 Å². The molecule has 0 fully saturated rings. The molecule has 1 atom stereocenters. The predicted octanol–water partition coefficient (Wildman–Crippen LogP) is 4.13. The normalized spacial score (nSPS) is 16.3. The molecule has 0 saturated carbocycles. The summed E-state index contributed by atoms with van der Waals surface area (Å²) in [6.07, 6.45) is 2.57. The zero-order valence-corrected chi connectivity index (χ0v) is 13.8. The fraction of sp³-hybridized carbons (Fsp3) is 0.111. The van der Waals surface area contributed by atoms with Gasteiger partial charge in [-0.25, -0.2) is 9.97 Å². The Morgan fingerprint density at radius 1 is 1.04 bits per heavy atom. The van der Waals surface area contributed by atoms with Crippen LogP contribution in [-0.4, -0.2) is 19.9 Å². The van der Waals surface area contributed by atoms with E-state index in [9.17, 15) is 4.21 Å². The third-order valence-electron chi connectivity index (χ3n) is 3.91. The van der Waals surface area contributed by atoms with E-state index in [2.05, 4.69) is 4.98 Å². The molecule has 1 aliphatic rings. The maximum Gasteiger partial charge on any atom is 0.159 e. The van der Waals surface area contributed by atoms with Crippen molar-refractivity contribution in [3.05, 3.63) is 65.3 Å². The summed E-state index contributed by atoms with van der Waals surface area (Å²) in [6, 6.07) is 15.2. The molecule has 1 aromatic heterocycles. The van der Waals surface area contributed by atoms with Gasteiger partial charge in [-0.2, -0.15) is 0 Å². The van der Waals surface area contributed by atoms with Crippen LogP contribution >= 0.6 is 11.6 Å². The molecule has 1 unspecified atom stereocenters. The van der Waals surface area contributed by atoms with Crippen molar-refractivity contribution >= 4 is 22.4 Å². The van der Waals surface area contributed by atoms with Crippen molar-refractivity contribution < 1.29 is 4.21 Å². The molecule has 2 aromatic carbocycles. The second-order valence-electron chi connectivity index (χ2n) is 5.37. The van der Waals surface area contributed by atoms with E-state index >= 15 is 0 Å². The molecule has 0 radical (unpaired) electrons. The van der Waals surface area contributed by atoms with E-state index in [1.807, 2.05) is 54.7 Å². The number of aryl methyl sites for hydroxylation is 1. The van der Waals surface area contributed by atoms with Crippen LogP contribution in [0.1, 0.15) is 5.56 Å². The summed E-state index contributed by atoms with van der Waals surface area (Å²) >= 11 is 5.94. The van der Waals surface area contributed by atoms with Gasteiger partial charge in [0, 0.05) is 33.0 Å². The number of fused-ring (bicyclic) bond motifs is 3. The fourth-order valence-electron chi connectivity index (χ4n) is 2.73. The highest BCUT2D eigenvalue weighted by molar-refractivity contribution is 7.85. The lowest BCUT2D eigenvalue weighted by molar-refractivity contribution is 0.683. The van der Waals surface area contributed by atoms with Crippen molar-refractivity contribution in [2.24, 2.45) is 0 Å². The van der Waals surface area contributed by atoms with Crippen molar-refractivity contribution in [3.8, 4) is 22.6 Å². The van der Waals surface area contributed by atoms with Crippen LogP contribution in [0.15, 0.2) is 59.6 Å². The van der Waals surface area contributed by atoms with Gasteiger partial charge in [-0.3, -0.25) is 4.21 Å². The molecule has 0 bridgehead atoms. The molecule has 23 heavy (non-hydrogen) atoms. The lowest BCUT2D eigenvalue weighted by Gasteiger charge is -2.09. The molecule has 114 valence electrons. The minimum atomic E-state index is -0.998. The molecular weight excluding hydrogens is 328 g/mol. The number of aromatic nitrogens is 2. The van der Waals surface area contributed by atoms with Gasteiger partial charge < -0.3 is 0 Å². The van der Waals surface area contributed by atoms with Crippen LogP contribution in [0.4, 0.5) is 0 Å². The van der Waals surface area contributed by atoms with E-state index in [1.54, 1.807) is 0 Å². The van der Waals surface area contributed by atoms with Gasteiger partial charge in [-0.05, 0) is 42.3 Å². The summed E-state index contributed by atoms with van der Waals surface area (Å²) in [7, 11) is -0.998. The highest BCUT2D eigenvalue weighted by Gasteiger charge is 2.21. The third kappa shape index (κ3) is 2.69. The van der Waals surface area contributed by atoms with E-state index in [0.717, 1.165) is 33.7 Å². The van der Waals surface area contributed by atoms with Crippen molar-refractivity contribution in [1.82, 2.24) is 9.97 Å². The number of hydrogen-bond donors (Lipinski definition) is 0. The van der Waals surface area contributed by atoms with Gasteiger partial charge in [-0.15, -0.1) is 0 Å². The first-order chi connectivity index (χ1) is 11.2. The topological polar surface area (TPSA) is 42.9 Å². The number of rotatable bonds is 1. The Hall–Kier alpha value is -2.04. The Morgan fingerprint density at radius 3 is 2.65 bits per heavy atom. The molecule has 0 aliphatic carbocycles. The highest BCUT2D eigenvalue weighted by Crippen LogP contribution is 2.32. The molecule has 1 aliphatic heterocycles. The lowest BCUT2D eigenvalue weighted by atomic mass is 10.1. The average Bonchev–Trinajstić information content (AvgIpc) is 2.73. The number of benzene rings is 2. The molecular formula is C18H13ClN2OS. The quantitative estimate of drug-likeness (QED) is 0.669. The number of hydrogen-bond acceptors (Lipinski definition) is 3. The second-order valence-corrected chi connectivity index (χ2v) is 7.35. The first-order valence-electron chi connectivity index (χ1n) is 7.32. The van der Waals surface area contributed by atoms with Crippen LogP contribution < -0.4 is 0 Å². The van der Waals surface area contributed by atoms with Crippen LogP contribution in [0.25, 0.3) is 22.6 Å². The molecule has 3 aromatic rings. The average molecular weight is 341 g/mol. The summed E-state index contributed by atoms with van der Waals surface area (Å²) < 4.78 is 12.4. The van der Waals surface area contributed by atoms with Crippen molar-refractivity contribution in [3.63, 3.8) is 0 Å². The minimum Gasteiger partial charge on any atom is -0.254 e. The van der Waals surface area contributed by atoms with E-state index in [4.69, 9.17) is 16.6 Å². The summed E-state index contributed by atoms with van der Waals surface area (Å²) in [5, 5.41) is 0.684. The lowest BCUT2D eigenvalue weighted by Crippen LogP contribution is -1.99. The van der Waals surface area contributed by atoms with Gasteiger partial charge >= 0.3 is 0 Å². The Balaban J connectivity index is 1.90. The standard InChI is InChI=1S/C18H13ClN2OS/c19-14-7-5-12(6-8-14)18-20-11-13-9-10-23(22)16-4-2-1-3-15(16)17(13)21-18/h1-8,11H,9-10H2.